The maximum atomic E-state index is 12.6. The van der Waals surface area contributed by atoms with E-state index in [1.54, 1.807) is 4.31 Å². The molecular weight excluding hydrogens is 354 g/mol. The van der Waals surface area contributed by atoms with Crippen molar-refractivity contribution in [2.75, 3.05) is 6.54 Å². The molecule has 0 amide bonds. The SMILES string of the molecule is O=C(O)c1cc(S(=O)(=O)N2CC3CCC2C3)c(Br)s1. The van der Waals surface area contributed by atoms with Crippen LogP contribution >= 0.6 is 27.3 Å². The summed E-state index contributed by atoms with van der Waals surface area (Å²) in [5.74, 6) is -0.633. The third-order valence-electron chi connectivity index (χ3n) is 3.81. The molecule has 2 atom stereocenters. The van der Waals surface area contributed by atoms with E-state index >= 15 is 0 Å². The Labute approximate surface area is 123 Å². The molecule has 1 aromatic heterocycles. The highest BCUT2D eigenvalue weighted by Gasteiger charge is 2.45. The average molecular weight is 366 g/mol. The maximum absolute atomic E-state index is 12.6. The fraction of sp³-hybridized carbons (Fsp3) is 0.545. The number of thiophene rings is 1. The van der Waals surface area contributed by atoms with Crippen LogP contribution in [-0.4, -0.2) is 36.4 Å². The number of carbonyl (C=O) groups is 1. The molecule has 19 heavy (non-hydrogen) atoms. The number of sulfonamides is 1. The smallest absolute Gasteiger partial charge is 0.345 e. The Balaban J connectivity index is 1.99. The van der Waals surface area contributed by atoms with Crippen molar-refractivity contribution in [3.05, 3.63) is 14.7 Å². The number of carboxylic acid groups (broad SMARTS) is 1. The molecule has 0 aromatic carbocycles. The van der Waals surface area contributed by atoms with Crippen LogP contribution in [0, 0.1) is 5.92 Å². The standard InChI is InChI=1S/C11H12BrNO4S2/c12-10-9(4-8(18-10)11(14)15)19(16,17)13-5-6-1-2-7(13)3-6/h4,6-7H,1-3,5H2,(H,14,15). The molecule has 0 spiro atoms. The Morgan fingerprint density at radius 2 is 2.21 bits per heavy atom. The number of piperidine rings is 1. The van der Waals surface area contributed by atoms with Gasteiger partial charge in [0.05, 0.1) is 3.79 Å². The van der Waals surface area contributed by atoms with E-state index in [9.17, 15) is 13.2 Å². The monoisotopic (exact) mass is 365 g/mol. The largest absolute Gasteiger partial charge is 0.477 e. The fourth-order valence-corrected chi connectivity index (χ4v) is 7.03. The Morgan fingerprint density at radius 3 is 2.68 bits per heavy atom. The van der Waals surface area contributed by atoms with Gasteiger partial charge in [-0.25, -0.2) is 13.2 Å². The molecule has 2 aliphatic rings. The zero-order valence-corrected chi connectivity index (χ0v) is 13.1. The number of fused-ring (bicyclic) bond motifs is 2. The molecular formula is C11H12BrNO4S2. The molecule has 1 saturated heterocycles. The minimum Gasteiger partial charge on any atom is -0.477 e. The van der Waals surface area contributed by atoms with Crippen molar-refractivity contribution in [1.82, 2.24) is 4.31 Å². The van der Waals surface area contributed by atoms with E-state index in [1.807, 2.05) is 0 Å². The Bertz CT molecular complexity index is 639. The van der Waals surface area contributed by atoms with E-state index in [2.05, 4.69) is 15.9 Å². The van der Waals surface area contributed by atoms with Crippen LogP contribution in [0.2, 0.25) is 0 Å². The van der Waals surface area contributed by atoms with Crippen LogP contribution in [-0.2, 0) is 10.0 Å². The second-order valence-electron chi connectivity index (χ2n) is 4.96. The number of halogens is 1. The molecule has 3 rings (SSSR count). The van der Waals surface area contributed by atoms with Gasteiger partial charge in [0.2, 0.25) is 10.0 Å². The summed E-state index contributed by atoms with van der Waals surface area (Å²) < 4.78 is 27.1. The number of nitrogens with zero attached hydrogens (tertiary/aromatic N) is 1. The first-order valence-corrected chi connectivity index (χ1v) is 8.99. The number of hydrogen-bond acceptors (Lipinski definition) is 4. The average Bonchev–Trinajstić information content (AvgIpc) is 3.01. The van der Waals surface area contributed by atoms with Crippen LogP contribution in [0.3, 0.4) is 0 Å². The van der Waals surface area contributed by atoms with E-state index in [4.69, 9.17) is 5.11 Å². The van der Waals surface area contributed by atoms with Gasteiger partial charge in [-0.1, -0.05) is 0 Å². The first-order chi connectivity index (χ1) is 8.89. The predicted molar refractivity (Wildman–Crippen MR) is 74.0 cm³/mol. The van der Waals surface area contributed by atoms with E-state index in [0.29, 0.717) is 16.2 Å². The molecule has 2 unspecified atom stereocenters. The third kappa shape index (κ3) is 2.14. The molecule has 2 fully saturated rings. The van der Waals surface area contributed by atoms with Crippen molar-refractivity contribution in [3.63, 3.8) is 0 Å². The molecule has 8 heteroatoms. The van der Waals surface area contributed by atoms with E-state index in [0.717, 1.165) is 30.6 Å². The van der Waals surface area contributed by atoms with Gasteiger partial charge in [-0.05, 0) is 47.2 Å². The van der Waals surface area contributed by atoms with Crippen LogP contribution in [0.4, 0.5) is 0 Å². The maximum Gasteiger partial charge on any atom is 0.345 e. The molecule has 1 N–H and O–H groups in total. The van der Waals surface area contributed by atoms with Crippen molar-refractivity contribution in [1.29, 1.82) is 0 Å². The lowest BCUT2D eigenvalue weighted by Crippen LogP contribution is -2.37. The van der Waals surface area contributed by atoms with Gasteiger partial charge in [-0.15, -0.1) is 11.3 Å². The van der Waals surface area contributed by atoms with Crippen LogP contribution in [0.25, 0.3) is 0 Å². The van der Waals surface area contributed by atoms with Gasteiger partial charge in [-0.2, -0.15) is 4.31 Å². The van der Waals surface area contributed by atoms with Gasteiger partial charge >= 0.3 is 5.97 Å². The van der Waals surface area contributed by atoms with Gasteiger partial charge < -0.3 is 5.11 Å². The summed E-state index contributed by atoms with van der Waals surface area (Å²) in [6, 6.07) is 1.34. The van der Waals surface area contributed by atoms with Crippen LogP contribution < -0.4 is 0 Å². The molecule has 104 valence electrons. The summed E-state index contributed by atoms with van der Waals surface area (Å²) in [7, 11) is -3.58. The lowest BCUT2D eigenvalue weighted by atomic mass is 10.1. The number of carboxylic acids is 1. The van der Waals surface area contributed by atoms with Crippen molar-refractivity contribution in [2.24, 2.45) is 5.92 Å². The fourth-order valence-electron chi connectivity index (χ4n) is 2.93. The zero-order chi connectivity index (χ0) is 13.8. The zero-order valence-electron chi connectivity index (χ0n) is 9.87. The van der Waals surface area contributed by atoms with E-state index in [-0.39, 0.29) is 15.8 Å². The molecule has 2 bridgehead atoms. The quantitative estimate of drug-likeness (QED) is 0.891. The minimum atomic E-state index is -3.58. The van der Waals surface area contributed by atoms with Crippen LogP contribution in [0.15, 0.2) is 14.7 Å². The Hall–Kier alpha value is -0.440. The number of hydrogen-bond donors (Lipinski definition) is 1. The lowest BCUT2D eigenvalue weighted by molar-refractivity contribution is 0.0702. The summed E-state index contributed by atoms with van der Waals surface area (Å²) in [4.78, 5) is 11.0. The minimum absolute atomic E-state index is 0.0369. The number of rotatable bonds is 3. The first-order valence-electron chi connectivity index (χ1n) is 5.94. The normalized spacial score (nSPS) is 27.0. The van der Waals surface area contributed by atoms with E-state index in [1.165, 1.54) is 6.07 Å². The van der Waals surface area contributed by atoms with Crippen LogP contribution in [0.1, 0.15) is 28.9 Å². The van der Waals surface area contributed by atoms with Gasteiger partial charge in [-0.3, -0.25) is 0 Å². The first kappa shape index (κ1) is 13.5. The molecule has 0 radical (unpaired) electrons. The second-order valence-corrected chi connectivity index (χ2v) is 9.19. The lowest BCUT2D eigenvalue weighted by Gasteiger charge is -2.25. The molecule has 2 heterocycles. The van der Waals surface area contributed by atoms with Gasteiger partial charge in [0.25, 0.3) is 0 Å². The number of aromatic carboxylic acids is 1. The second kappa shape index (κ2) is 4.54. The highest BCUT2D eigenvalue weighted by molar-refractivity contribution is 9.11. The summed E-state index contributed by atoms with van der Waals surface area (Å²) >= 11 is 4.11. The Morgan fingerprint density at radius 1 is 1.47 bits per heavy atom. The molecule has 1 aromatic rings. The molecule has 1 aliphatic carbocycles. The Kier molecular flexibility index (Phi) is 3.24. The van der Waals surface area contributed by atoms with E-state index < -0.39 is 16.0 Å². The van der Waals surface area contributed by atoms with Crippen molar-refractivity contribution in [3.8, 4) is 0 Å². The topological polar surface area (TPSA) is 74.7 Å². The van der Waals surface area contributed by atoms with Crippen molar-refractivity contribution in [2.45, 2.75) is 30.2 Å². The summed E-state index contributed by atoms with van der Waals surface area (Å²) in [6.45, 7) is 0.567. The third-order valence-corrected chi connectivity index (χ3v) is 7.97. The highest BCUT2D eigenvalue weighted by atomic mass is 79.9. The highest BCUT2D eigenvalue weighted by Crippen LogP contribution is 2.42. The van der Waals surface area contributed by atoms with Crippen molar-refractivity contribution < 1.29 is 18.3 Å². The predicted octanol–water partition coefficient (Wildman–Crippen LogP) is 2.38. The van der Waals surface area contributed by atoms with Gasteiger partial charge in [0.1, 0.15) is 9.77 Å². The van der Waals surface area contributed by atoms with Crippen LogP contribution in [0.5, 0.6) is 0 Å². The molecule has 5 nitrogen and oxygen atoms in total. The molecule has 1 aliphatic heterocycles. The molecule has 1 saturated carbocycles. The van der Waals surface area contributed by atoms with Gasteiger partial charge in [0.15, 0.2) is 0 Å². The van der Waals surface area contributed by atoms with Crippen molar-refractivity contribution >= 4 is 43.3 Å². The van der Waals surface area contributed by atoms with Gasteiger partial charge in [0, 0.05) is 12.6 Å². The summed E-state index contributed by atoms with van der Waals surface area (Å²) in [5.41, 5.74) is 0. The summed E-state index contributed by atoms with van der Waals surface area (Å²) in [5, 5.41) is 8.94. The summed E-state index contributed by atoms with van der Waals surface area (Å²) in [6.07, 6.45) is 2.95.